The van der Waals surface area contributed by atoms with E-state index >= 15 is 0 Å². The van der Waals surface area contributed by atoms with Gasteiger partial charge in [-0.15, -0.1) is 15.0 Å². The molecule has 0 amide bonds. The van der Waals surface area contributed by atoms with Crippen molar-refractivity contribution in [2.45, 2.75) is 52.9 Å². The number of rotatable bonds is 8. The van der Waals surface area contributed by atoms with Crippen molar-refractivity contribution in [2.75, 3.05) is 22.0 Å². The number of hydrogen-bond donors (Lipinski definition) is 4. The molecule has 2 aliphatic rings. The molecule has 1 aliphatic heterocycles. The van der Waals surface area contributed by atoms with Gasteiger partial charge in [-0.3, -0.25) is 19.3 Å². The first-order valence-electron chi connectivity index (χ1n) is 16.3. The molecule has 5 aromatic rings. The number of aromatic amines is 1. The van der Waals surface area contributed by atoms with E-state index in [1.54, 1.807) is 48.5 Å². The minimum absolute atomic E-state index is 0.117. The summed E-state index contributed by atoms with van der Waals surface area (Å²) >= 11 is 0. The summed E-state index contributed by atoms with van der Waals surface area (Å²) in [5.74, 6) is -1.04. The van der Waals surface area contributed by atoms with E-state index in [2.05, 4.69) is 24.7 Å². The van der Waals surface area contributed by atoms with Crippen LogP contribution in [0.15, 0.2) is 59.4 Å². The lowest BCUT2D eigenvalue weighted by Crippen LogP contribution is -2.41. The summed E-state index contributed by atoms with van der Waals surface area (Å²) in [5.41, 5.74) is 3.22. The SMILES string of the molecule is CC(C)(C)C1=Nn2nc(-c3ccc(NS(C)(=O)=O)cc3)nc2C1C1C(=O)C(c2c(C(C)(C)C)[nH]n3nc(-c4ccc(NS(C)(=O)=O)cc4)nc23)=C1O. The smallest absolute Gasteiger partial charge is 0.229 e. The Bertz CT molecular complexity index is 2570. The first-order chi connectivity index (χ1) is 24.1. The Balaban J connectivity index is 1.28. The highest BCUT2D eigenvalue weighted by molar-refractivity contribution is 7.92. The number of carbonyl (C=O) groups is 1. The maximum atomic E-state index is 14.4. The van der Waals surface area contributed by atoms with Gasteiger partial charge >= 0.3 is 0 Å². The molecule has 7 rings (SSSR count). The molecule has 3 aromatic heterocycles. The first-order valence-corrected chi connectivity index (χ1v) is 20.1. The zero-order valence-corrected chi connectivity index (χ0v) is 31.3. The minimum Gasteiger partial charge on any atom is -0.511 e. The summed E-state index contributed by atoms with van der Waals surface area (Å²) in [6, 6.07) is 13.2. The van der Waals surface area contributed by atoms with Gasteiger partial charge in [0.15, 0.2) is 28.9 Å². The number of aliphatic hydroxyl groups is 1. The maximum absolute atomic E-state index is 14.4. The molecule has 4 heterocycles. The fourth-order valence-corrected chi connectivity index (χ4v) is 7.62. The second-order valence-electron chi connectivity index (χ2n) is 15.2. The zero-order valence-electron chi connectivity index (χ0n) is 29.7. The molecule has 1 aliphatic carbocycles. The van der Waals surface area contributed by atoms with E-state index in [0.29, 0.717) is 62.6 Å². The first kappa shape index (κ1) is 35.1. The zero-order chi connectivity index (χ0) is 37.7. The Morgan fingerprint density at radius 1 is 0.750 bits per heavy atom. The molecule has 0 radical (unpaired) electrons. The lowest BCUT2D eigenvalue weighted by Gasteiger charge is -2.35. The molecular formula is C34H38N10O6S2. The number of hydrogen-bond acceptors (Lipinski definition) is 11. The van der Waals surface area contributed by atoms with E-state index in [1.807, 2.05) is 41.5 Å². The van der Waals surface area contributed by atoms with Crippen LogP contribution in [0.2, 0.25) is 0 Å². The Morgan fingerprint density at radius 2 is 1.27 bits per heavy atom. The second-order valence-corrected chi connectivity index (χ2v) is 18.7. The van der Waals surface area contributed by atoms with Crippen molar-refractivity contribution in [2.24, 2.45) is 16.4 Å². The highest BCUT2D eigenvalue weighted by Gasteiger charge is 2.54. The predicted octanol–water partition coefficient (Wildman–Crippen LogP) is 4.54. The quantitative estimate of drug-likeness (QED) is 0.174. The summed E-state index contributed by atoms with van der Waals surface area (Å²) in [7, 11) is -6.90. The average molecular weight is 747 g/mol. The normalized spacial score (nSPS) is 18.1. The van der Waals surface area contributed by atoms with Gasteiger partial charge in [-0.25, -0.2) is 26.8 Å². The molecule has 16 nitrogen and oxygen atoms in total. The van der Waals surface area contributed by atoms with Crippen molar-refractivity contribution < 1.29 is 26.7 Å². The fourth-order valence-electron chi connectivity index (χ4n) is 6.49. The van der Waals surface area contributed by atoms with Crippen LogP contribution >= 0.6 is 0 Å². The van der Waals surface area contributed by atoms with Gasteiger partial charge in [0, 0.05) is 33.3 Å². The molecule has 0 bridgehead atoms. The van der Waals surface area contributed by atoms with Crippen LogP contribution in [0.5, 0.6) is 0 Å². The number of aliphatic hydroxyl groups excluding tert-OH is 1. The molecule has 4 N–H and O–H groups in total. The van der Waals surface area contributed by atoms with Crippen molar-refractivity contribution in [1.82, 2.24) is 34.7 Å². The Morgan fingerprint density at radius 3 is 1.73 bits per heavy atom. The van der Waals surface area contributed by atoms with Gasteiger partial charge in [-0.1, -0.05) is 41.5 Å². The molecule has 18 heteroatoms. The molecule has 2 atom stereocenters. The van der Waals surface area contributed by atoms with Crippen LogP contribution in [-0.4, -0.2) is 80.6 Å². The van der Waals surface area contributed by atoms with Gasteiger partial charge < -0.3 is 5.11 Å². The van der Waals surface area contributed by atoms with Crippen molar-refractivity contribution in [3.05, 3.63) is 71.4 Å². The monoisotopic (exact) mass is 746 g/mol. The number of nitrogens with zero attached hydrogens (tertiary/aromatic N) is 7. The molecule has 0 spiro atoms. The van der Waals surface area contributed by atoms with Gasteiger partial charge in [0.2, 0.25) is 20.0 Å². The molecular weight excluding hydrogens is 709 g/mol. The van der Waals surface area contributed by atoms with Crippen molar-refractivity contribution >= 4 is 54.1 Å². The molecule has 0 saturated carbocycles. The van der Waals surface area contributed by atoms with Crippen LogP contribution < -0.4 is 9.44 Å². The molecule has 0 saturated heterocycles. The largest absolute Gasteiger partial charge is 0.511 e. The van der Waals surface area contributed by atoms with E-state index < -0.39 is 42.7 Å². The molecule has 2 unspecified atom stereocenters. The summed E-state index contributed by atoms with van der Waals surface area (Å²) in [5, 5.41) is 29.1. The molecule has 0 fully saturated rings. The third-order valence-corrected chi connectivity index (χ3v) is 9.98. The van der Waals surface area contributed by atoms with Crippen molar-refractivity contribution in [1.29, 1.82) is 0 Å². The van der Waals surface area contributed by atoms with Gasteiger partial charge in [0.25, 0.3) is 0 Å². The number of fused-ring (bicyclic) bond motifs is 2. The number of allylic oxidation sites excluding steroid dienone is 2. The number of carbonyl (C=O) groups excluding carboxylic acids is 1. The number of anilines is 2. The van der Waals surface area contributed by atoms with Crippen LogP contribution in [0.25, 0.3) is 34.0 Å². The van der Waals surface area contributed by atoms with E-state index in [1.165, 1.54) is 9.42 Å². The van der Waals surface area contributed by atoms with Gasteiger partial charge in [0.05, 0.1) is 46.9 Å². The summed E-state index contributed by atoms with van der Waals surface area (Å²) < 4.78 is 52.9. The van der Waals surface area contributed by atoms with Crippen LogP contribution in [0.1, 0.15) is 64.5 Å². The fraction of sp³-hybridized carbons (Fsp3) is 0.353. The number of aromatic nitrogens is 7. The summed E-state index contributed by atoms with van der Waals surface area (Å²) in [6.07, 6.45) is 2.14. The predicted molar refractivity (Wildman–Crippen MR) is 197 cm³/mol. The van der Waals surface area contributed by atoms with E-state index in [0.717, 1.165) is 12.5 Å². The number of H-pyrrole nitrogens is 1. The van der Waals surface area contributed by atoms with Gasteiger partial charge in [-0.05, 0) is 48.5 Å². The Kier molecular flexibility index (Phi) is 7.80. The lowest BCUT2D eigenvalue weighted by atomic mass is 9.66. The molecule has 52 heavy (non-hydrogen) atoms. The highest BCUT2D eigenvalue weighted by Crippen LogP contribution is 2.51. The van der Waals surface area contributed by atoms with Crippen LogP contribution in [-0.2, 0) is 30.3 Å². The van der Waals surface area contributed by atoms with E-state index in [4.69, 9.17) is 15.1 Å². The number of Topliss-reactive ketones (excluding diaryl/α,β-unsaturated/α-hetero) is 1. The minimum atomic E-state index is -3.45. The number of ketones is 1. The van der Waals surface area contributed by atoms with Crippen molar-refractivity contribution in [3.8, 4) is 22.8 Å². The Hall–Kier alpha value is -5.36. The van der Waals surface area contributed by atoms with Crippen molar-refractivity contribution in [3.63, 3.8) is 0 Å². The van der Waals surface area contributed by atoms with Crippen LogP contribution in [0.4, 0.5) is 11.4 Å². The lowest BCUT2D eigenvalue weighted by molar-refractivity contribution is -0.119. The standard InChI is InChI=1S/C34H38N10O6S2/c1-33(2,3)27-23(31-35-29(39-43(31)37-27)17-9-13-19(14-10-17)41-51(7,47)48)21-25(45)22(26(21)46)24-28(34(4,5)6)38-44-32(24)36-30(40-44)18-11-15-20(16-12-18)42-52(8,49)50/h9-16,21,23,38,41-42,45H,1-8H3. The molecule has 272 valence electrons. The summed E-state index contributed by atoms with van der Waals surface area (Å²) in [4.78, 5) is 25.4. The van der Waals surface area contributed by atoms with Crippen LogP contribution in [0, 0.1) is 11.3 Å². The average Bonchev–Trinajstić information content (AvgIpc) is 3.77. The third kappa shape index (κ3) is 6.25. The number of benzene rings is 2. The highest BCUT2D eigenvalue weighted by atomic mass is 32.2. The van der Waals surface area contributed by atoms with Gasteiger partial charge in [0.1, 0.15) is 5.76 Å². The topological polar surface area (TPSA) is 219 Å². The number of nitrogens with one attached hydrogen (secondary N) is 3. The molecule has 2 aromatic carbocycles. The van der Waals surface area contributed by atoms with Crippen LogP contribution in [0.3, 0.4) is 0 Å². The van der Waals surface area contributed by atoms with Gasteiger partial charge in [-0.2, -0.15) is 9.73 Å². The summed E-state index contributed by atoms with van der Waals surface area (Å²) in [6.45, 7) is 11.8. The van der Waals surface area contributed by atoms with E-state index in [-0.39, 0.29) is 17.1 Å². The third-order valence-electron chi connectivity index (χ3n) is 8.76. The Labute approximate surface area is 300 Å². The van der Waals surface area contributed by atoms with E-state index in [9.17, 15) is 26.7 Å². The second kappa shape index (κ2) is 11.6. The number of sulfonamides is 2. The maximum Gasteiger partial charge on any atom is 0.229 e.